The molecule has 0 aliphatic carbocycles. The highest BCUT2D eigenvalue weighted by Gasteiger charge is 2.33. The molecule has 1 aromatic carbocycles. The molecular weight excluding hydrogens is 208 g/mol. The number of benzene rings is 1. The van der Waals surface area contributed by atoms with Crippen LogP contribution in [0.3, 0.4) is 0 Å². The number of cyclic esters (lactones) is 1. The zero-order valence-electron chi connectivity index (χ0n) is 7.28. The number of fused-ring (bicyclic) bond motifs is 1. The van der Waals surface area contributed by atoms with Crippen molar-refractivity contribution in [2.75, 3.05) is 7.11 Å². The van der Waals surface area contributed by atoms with Gasteiger partial charge in [-0.25, -0.2) is 4.79 Å². The fourth-order valence-corrected chi connectivity index (χ4v) is 1.65. The molecule has 1 N–H and O–H groups in total. The maximum atomic E-state index is 11.3. The van der Waals surface area contributed by atoms with Crippen LogP contribution in [-0.2, 0) is 4.74 Å². The monoisotopic (exact) mass is 214 g/mol. The zero-order valence-corrected chi connectivity index (χ0v) is 8.04. The van der Waals surface area contributed by atoms with Crippen molar-refractivity contribution in [3.05, 3.63) is 28.3 Å². The Bertz CT molecular complexity index is 402. The average Bonchev–Trinajstić information content (AvgIpc) is 2.43. The van der Waals surface area contributed by atoms with E-state index >= 15 is 0 Å². The molecule has 0 saturated heterocycles. The molecule has 1 aliphatic heterocycles. The van der Waals surface area contributed by atoms with Gasteiger partial charge in [-0.15, -0.1) is 0 Å². The lowest BCUT2D eigenvalue weighted by molar-refractivity contribution is -0.0547. The summed E-state index contributed by atoms with van der Waals surface area (Å²) < 4.78 is 9.57. The van der Waals surface area contributed by atoms with E-state index in [4.69, 9.17) is 16.3 Å². The first kappa shape index (κ1) is 9.30. The third-order valence-corrected chi connectivity index (χ3v) is 2.33. The second-order valence-corrected chi connectivity index (χ2v) is 3.21. The van der Waals surface area contributed by atoms with Crippen LogP contribution in [0.25, 0.3) is 0 Å². The van der Waals surface area contributed by atoms with Crippen LogP contribution in [0.2, 0.25) is 5.02 Å². The third-order valence-electron chi connectivity index (χ3n) is 2.03. The van der Waals surface area contributed by atoms with Gasteiger partial charge in [0.25, 0.3) is 0 Å². The zero-order chi connectivity index (χ0) is 10.3. The molecule has 74 valence electrons. The summed E-state index contributed by atoms with van der Waals surface area (Å²) in [5.41, 5.74) is 0.587. The van der Waals surface area contributed by atoms with Crippen molar-refractivity contribution in [2.45, 2.75) is 6.29 Å². The summed E-state index contributed by atoms with van der Waals surface area (Å²) in [5.74, 6) is -0.377. The number of rotatable bonds is 1. The highest BCUT2D eigenvalue weighted by Crippen LogP contribution is 2.39. The van der Waals surface area contributed by atoms with Gasteiger partial charge in [-0.2, -0.15) is 0 Å². The van der Waals surface area contributed by atoms with Crippen molar-refractivity contribution in [1.29, 1.82) is 0 Å². The van der Waals surface area contributed by atoms with Crippen molar-refractivity contribution in [2.24, 2.45) is 0 Å². The standard InChI is InChI=1S/C9H7ClO4/c1-13-7-5(10)3-2-4-6(7)9(12)14-8(4)11/h2-3,8,11H,1H3. The van der Waals surface area contributed by atoms with Crippen molar-refractivity contribution in [3.63, 3.8) is 0 Å². The fraction of sp³-hybridized carbons (Fsp3) is 0.222. The summed E-state index contributed by atoms with van der Waals surface area (Å²) in [6.07, 6.45) is -1.22. The molecule has 0 amide bonds. The summed E-state index contributed by atoms with van der Waals surface area (Å²) in [4.78, 5) is 11.3. The molecule has 2 rings (SSSR count). The lowest BCUT2D eigenvalue weighted by atomic mass is 10.1. The number of hydrogen-bond donors (Lipinski definition) is 1. The lowest BCUT2D eigenvalue weighted by Crippen LogP contribution is -1.99. The molecule has 5 heteroatoms. The maximum Gasteiger partial charge on any atom is 0.345 e. The van der Waals surface area contributed by atoms with Crippen molar-refractivity contribution >= 4 is 17.6 Å². The Hall–Kier alpha value is -1.26. The molecule has 0 spiro atoms. The predicted octanol–water partition coefficient (Wildman–Crippen LogP) is 1.51. The first-order valence-electron chi connectivity index (χ1n) is 3.90. The third kappa shape index (κ3) is 1.15. The van der Waals surface area contributed by atoms with Gasteiger partial charge >= 0.3 is 5.97 Å². The van der Waals surface area contributed by atoms with Gasteiger partial charge in [0.2, 0.25) is 6.29 Å². The first-order valence-corrected chi connectivity index (χ1v) is 4.28. The van der Waals surface area contributed by atoms with Gasteiger partial charge in [0, 0.05) is 5.56 Å². The van der Waals surface area contributed by atoms with Crippen LogP contribution >= 0.6 is 11.6 Å². The minimum absolute atomic E-state index is 0.201. The molecule has 1 aliphatic rings. The summed E-state index contributed by atoms with van der Waals surface area (Å²) >= 11 is 5.81. The van der Waals surface area contributed by atoms with E-state index in [0.29, 0.717) is 10.6 Å². The SMILES string of the molecule is COc1c(Cl)ccc2c1C(=O)OC2O. The van der Waals surface area contributed by atoms with Crippen LogP contribution < -0.4 is 4.74 Å². The minimum atomic E-state index is -1.22. The second-order valence-electron chi connectivity index (χ2n) is 2.80. The van der Waals surface area contributed by atoms with E-state index in [0.717, 1.165) is 0 Å². The first-order chi connectivity index (χ1) is 6.65. The number of hydrogen-bond acceptors (Lipinski definition) is 4. The highest BCUT2D eigenvalue weighted by atomic mass is 35.5. The van der Waals surface area contributed by atoms with Crippen LogP contribution in [0, 0.1) is 0 Å². The molecule has 1 aromatic rings. The second kappa shape index (κ2) is 3.15. The largest absolute Gasteiger partial charge is 0.494 e. The Morgan fingerprint density at radius 3 is 2.93 bits per heavy atom. The lowest BCUT2D eigenvalue weighted by Gasteiger charge is -2.06. The number of esters is 1. The molecule has 14 heavy (non-hydrogen) atoms. The van der Waals surface area contributed by atoms with E-state index in [9.17, 15) is 9.90 Å². The van der Waals surface area contributed by atoms with Gasteiger partial charge in [0.15, 0.2) is 5.75 Å². The molecule has 1 unspecified atom stereocenters. The molecule has 0 aromatic heterocycles. The van der Waals surface area contributed by atoms with Gasteiger partial charge in [-0.3, -0.25) is 0 Å². The smallest absolute Gasteiger partial charge is 0.345 e. The fourth-order valence-electron chi connectivity index (χ4n) is 1.41. The normalized spacial score (nSPS) is 19.1. The highest BCUT2D eigenvalue weighted by molar-refractivity contribution is 6.32. The molecule has 0 saturated carbocycles. The molecule has 1 atom stereocenters. The predicted molar refractivity (Wildman–Crippen MR) is 48.4 cm³/mol. The number of carbonyl (C=O) groups is 1. The number of ether oxygens (including phenoxy) is 2. The Labute approximate surface area is 85.0 Å². The molecule has 0 radical (unpaired) electrons. The van der Waals surface area contributed by atoms with Gasteiger partial charge in [0.1, 0.15) is 5.56 Å². The number of methoxy groups -OCH3 is 1. The minimum Gasteiger partial charge on any atom is -0.494 e. The molecule has 0 fully saturated rings. The van der Waals surface area contributed by atoms with E-state index in [2.05, 4.69) is 4.74 Å². The Balaban J connectivity index is 2.68. The Morgan fingerprint density at radius 2 is 2.29 bits per heavy atom. The molecule has 4 nitrogen and oxygen atoms in total. The average molecular weight is 215 g/mol. The topological polar surface area (TPSA) is 55.8 Å². The summed E-state index contributed by atoms with van der Waals surface area (Å²) in [6, 6.07) is 3.08. The van der Waals surface area contributed by atoms with Gasteiger partial charge < -0.3 is 14.6 Å². The quantitative estimate of drug-likeness (QED) is 0.720. The van der Waals surface area contributed by atoms with Crippen molar-refractivity contribution in [1.82, 2.24) is 0 Å². The van der Waals surface area contributed by atoms with Crippen LogP contribution in [0.4, 0.5) is 0 Å². The molecule has 0 bridgehead atoms. The van der Waals surface area contributed by atoms with Crippen molar-refractivity contribution in [3.8, 4) is 5.75 Å². The van der Waals surface area contributed by atoms with Gasteiger partial charge in [0.05, 0.1) is 12.1 Å². The number of halogens is 1. The van der Waals surface area contributed by atoms with Crippen LogP contribution in [0.5, 0.6) is 5.75 Å². The van der Waals surface area contributed by atoms with E-state index in [-0.39, 0.29) is 11.3 Å². The Kier molecular flexibility index (Phi) is 2.09. The van der Waals surface area contributed by atoms with Gasteiger partial charge in [-0.05, 0) is 6.07 Å². The number of aliphatic hydroxyl groups excluding tert-OH is 1. The Morgan fingerprint density at radius 1 is 1.57 bits per heavy atom. The number of carbonyl (C=O) groups excluding carboxylic acids is 1. The molecule has 1 heterocycles. The van der Waals surface area contributed by atoms with E-state index in [1.54, 1.807) is 6.07 Å². The van der Waals surface area contributed by atoms with Crippen LogP contribution in [0.15, 0.2) is 12.1 Å². The van der Waals surface area contributed by atoms with E-state index in [1.165, 1.54) is 13.2 Å². The van der Waals surface area contributed by atoms with E-state index in [1.807, 2.05) is 0 Å². The van der Waals surface area contributed by atoms with Gasteiger partial charge in [-0.1, -0.05) is 17.7 Å². The molecular formula is C9H7ClO4. The van der Waals surface area contributed by atoms with Crippen LogP contribution in [0.1, 0.15) is 22.2 Å². The summed E-state index contributed by atoms with van der Waals surface area (Å²) in [6.45, 7) is 0. The summed E-state index contributed by atoms with van der Waals surface area (Å²) in [5, 5.41) is 9.64. The maximum absolute atomic E-state index is 11.3. The number of aliphatic hydroxyl groups is 1. The van der Waals surface area contributed by atoms with Crippen LogP contribution in [-0.4, -0.2) is 18.2 Å². The van der Waals surface area contributed by atoms with E-state index < -0.39 is 12.3 Å². The summed E-state index contributed by atoms with van der Waals surface area (Å²) in [7, 11) is 1.40. The van der Waals surface area contributed by atoms with Crippen molar-refractivity contribution < 1.29 is 19.4 Å².